The van der Waals surface area contributed by atoms with E-state index >= 15 is 0 Å². The molecule has 2 aromatic heterocycles. The zero-order valence-corrected chi connectivity index (χ0v) is 13.4. The Morgan fingerprint density at radius 3 is 2.71 bits per heavy atom. The molecule has 1 amide bonds. The lowest BCUT2D eigenvalue weighted by atomic mass is 10.2. The minimum atomic E-state index is -0.330. The first-order valence-electron chi connectivity index (χ1n) is 7.35. The molecule has 2 heterocycles. The van der Waals surface area contributed by atoms with Crippen molar-refractivity contribution in [2.75, 3.05) is 13.6 Å². The Morgan fingerprint density at radius 1 is 1.33 bits per heavy atom. The van der Waals surface area contributed by atoms with Crippen LogP contribution in [0.1, 0.15) is 16.2 Å². The average Bonchev–Trinajstić information content (AvgIpc) is 3.24. The van der Waals surface area contributed by atoms with Crippen LogP contribution in [0, 0.1) is 19.3 Å². The van der Waals surface area contributed by atoms with Gasteiger partial charge in [-0.25, -0.2) is 9.67 Å². The smallest absolute Gasteiger partial charge is 0.294 e. The fourth-order valence-electron chi connectivity index (χ4n) is 2.23. The highest BCUT2D eigenvalue weighted by atomic mass is 16.3. The van der Waals surface area contributed by atoms with Crippen LogP contribution in [0.3, 0.4) is 0 Å². The largest absolute Gasteiger partial charge is 0.472 e. The lowest BCUT2D eigenvalue weighted by molar-refractivity contribution is 0.0801. The molecular formula is C18H16N4O2. The Kier molecular flexibility index (Phi) is 4.17. The van der Waals surface area contributed by atoms with Crippen LogP contribution in [0.5, 0.6) is 0 Å². The molecule has 0 aliphatic heterocycles. The van der Waals surface area contributed by atoms with E-state index in [0.29, 0.717) is 5.82 Å². The number of furan rings is 1. The Balaban J connectivity index is 2.08. The number of carbonyl (C=O) groups is 1. The Morgan fingerprint density at radius 2 is 2.08 bits per heavy atom. The van der Waals surface area contributed by atoms with Crippen LogP contribution in [0.4, 0.5) is 0 Å². The summed E-state index contributed by atoms with van der Waals surface area (Å²) in [5.41, 5.74) is 2.68. The van der Waals surface area contributed by atoms with Crippen molar-refractivity contribution in [2.45, 2.75) is 6.92 Å². The van der Waals surface area contributed by atoms with Gasteiger partial charge in [-0.1, -0.05) is 23.6 Å². The topological polar surface area (TPSA) is 64.2 Å². The average molecular weight is 320 g/mol. The summed E-state index contributed by atoms with van der Waals surface area (Å²) in [4.78, 5) is 18.2. The highest BCUT2D eigenvalue weighted by molar-refractivity contribution is 5.91. The number of carbonyl (C=O) groups excluding carboxylic acids is 1. The van der Waals surface area contributed by atoms with Crippen molar-refractivity contribution in [1.82, 2.24) is 19.7 Å². The van der Waals surface area contributed by atoms with Gasteiger partial charge >= 0.3 is 0 Å². The summed E-state index contributed by atoms with van der Waals surface area (Å²) in [6, 6.07) is 9.57. The first kappa shape index (κ1) is 15.6. The van der Waals surface area contributed by atoms with E-state index in [2.05, 4.69) is 16.0 Å². The second-order valence-corrected chi connectivity index (χ2v) is 5.38. The summed E-state index contributed by atoms with van der Waals surface area (Å²) >= 11 is 0. The first-order valence-corrected chi connectivity index (χ1v) is 7.35. The van der Waals surface area contributed by atoms with Crippen molar-refractivity contribution in [2.24, 2.45) is 0 Å². The standard InChI is InChI=1S/C18H16N4O2/c1-4-10-21(3)18(23)16-19-17(14-9-11-24-12-14)22(20-16)15-7-5-13(2)6-8-15/h1,5-9,11-12H,10H2,2-3H3. The van der Waals surface area contributed by atoms with Gasteiger partial charge in [0.2, 0.25) is 5.82 Å². The summed E-state index contributed by atoms with van der Waals surface area (Å²) in [5.74, 6) is 2.72. The molecule has 0 aliphatic carbocycles. The predicted octanol–water partition coefficient (Wildman–Crippen LogP) is 2.54. The Labute approximate surface area is 139 Å². The fraction of sp³-hybridized carbons (Fsp3) is 0.167. The molecule has 6 nitrogen and oxygen atoms in total. The predicted molar refractivity (Wildman–Crippen MR) is 89.6 cm³/mol. The monoisotopic (exact) mass is 320 g/mol. The number of nitrogens with zero attached hydrogens (tertiary/aromatic N) is 4. The molecule has 120 valence electrons. The van der Waals surface area contributed by atoms with Crippen molar-refractivity contribution < 1.29 is 9.21 Å². The number of hydrogen-bond acceptors (Lipinski definition) is 4. The van der Waals surface area contributed by atoms with E-state index < -0.39 is 0 Å². The van der Waals surface area contributed by atoms with Crippen LogP contribution < -0.4 is 0 Å². The molecule has 3 rings (SSSR count). The van der Waals surface area contributed by atoms with Gasteiger partial charge in [0.25, 0.3) is 5.91 Å². The van der Waals surface area contributed by atoms with Crippen LogP contribution in [0.25, 0.3) is 17.1 Å². The van der Waals surface area contributed by atoms with Crippen molar-refractivity contribution in [3.8, 4) is 29.4 Å². The second kappa shape index (κ2) is 6.42. The third kappa shape index (κ3) is 2.92. The number of aromatic nitrogens is 3. The number of hydrogen-bond donors (Lipinski definition) is 0. The number of rotatable bonds is 4. The number of amides is 1. The van der Waals surface area contributed by atoms with Crippen LogP contribution >= 0.6 is 0 Å². The van der Waals surface area contributed by atoms with Crippen molar-refractivity contribution in [1.29, 1.82) is 0 Å². The molecule has 0 aliphatic rings. The molecule has 0 saturated carbocycles. The molecule has 0 bridgehead atoms. The van der Waals surface area contributed by atoms with Crippen molar-refractivity contribution in [3.63, 3.8) is 0 Å². The molecule has 0 saturated heterocycles. The van der Waals surface area contributed by atoms with Crippen LogP contribution in [0.15, 0.2) is 47.3 Å². The first-order chi connectivity index (χ1) is 11.6. The van der Waals surface area contributed by atoms with E-state index in [1.165, 1.54) is 4.90 Å². The summed E-state index contributed by atoms with van der Waals surface area (Å²) < 4.78 is 6.76. The zero-order valence-electron chi connectivity index (χ0n) is 13.4. The van der Waals surface area contributed by atoms with Crippen LogP contribution in [-0.4, -0.2) is 39.2 Å². The summed E-state index contributed by atoms with van der Waals surface area (Å²) in [5, 5.41) is 4.37. The molecule has 0 radical (unpaired) electrons. The maximum absolute atomic E-state index is 12.4. The van der Waals surface area contributed by atoms with Crippen molar-refractivity contribution in [3.05, 3.63) is 54.2 Å². The molecule has 6 heteroatoms. The molecule has 0 spiro atoms. The molecule has 0 N–H and O–H groups in total. The van der Waals surface area contributed by atoms with Gasteiger partial charge in [0.15, 0.2) is 5.82 Å². The molecular weight excluding hydrogens is 304 g/mol. The van der Waals surface area contributed by atoms with E-state index in [0.717, 1.165) is 16.8 Å². The SMILES string of the molecule is C#CCN(C)C(=O)c1nc(-c2ccoc2)n(-c2ccc(C)cc2)n1. The van der Waals surface area contributed by atoms with E-state index in [9.17, 15) is 4.79 Å². The van der Waals surface area contributed by atoms with Crippen LogP contribution in [-0.2, 0) is 0 Å². The highest BCUT2D eigenvalue weighted by Gasteiger charge is 2.21. The summed E-state index contributed by atoms with van der Waals surface area (Å²) in [6.45, 7) is 2.20. The summed E-state index contributed by atoms with van der Waals surface area (Å²) in [6.07, 6.45) is 8.38. The third-order valence-electron chi connectivity index (χ3n) is 3.53. The second-order valence-electron chi connectivity index (χ2n) is 5.38. The minimum absolute atomic E-state index is 0.0875. The van der Waals surface area contributed by atoms with Gasteiger partial charge in [-0.2, -0.15) is 0 Å². The van der Waals surface area contributed by atoms with E-state index in [4.69, 9.17) is 10.8 Å². The molecule has 0 unspecified atom stereocenters. The zero-order chi connectivity index (χ0) is 17.1. The lowest BCUT2D eigenvalue weighted by Gasteiger charge is -2.10. The molecule has 1 aromatic carbocycles. The lowest BCUT2D eigenvalue weighted by Crippen LogP contribution is -2.28. The molecule has 0 fully saturated rings. The van der Waals surface area contributed by atoms with Gasteiger partial charge in [0.05, 0.1) is 24.1 Å². The van der Waals surface area contributed by atoms with Crippen molar-refractivity contribution >= 4 is 5.91 Å². The van der Waals surface area contributed by atoms with Gasteiger partial charge < -0.3 is 9.32 Å². The number of benzene rings is 1. The van der Waals surface area contributed by atoms with Crippen LogP contribution in [0.2, 0.25) is 0 Å². The van der Waals surface area contributed by atoms with E-state index in [1.807, 2.05) is 31.2 Å². The third-order valence-corrected chi connectivity index (χ3v) is 3.53. The Hall–Kier alpha value is -3.33. The minimum Gasteiger partial charge on any atom is -0.472 e. The molecule has 24 heavy (non-hydrogen) atoms. The summed E-state index contributed by atoms with van der Waals surface area (Å²) in [7, 11) is 1.62. The molecule has 3 aromatic rings. The number of aryl methyl sites for hydroxylation is 1. The van der Waals surface area contributed by atoms with Gasteiger partial charge in [-0.05, 0) is 25.1 Å². The quantitative estimate of drug-likeness (QED) is 0.693. The van der Waals surface area contributed by atoms with E-state index in [-0.39, 0.29) is 18.3 Å². The number of terminal acetylenes is 1. The van der Waals surface area contributed by atoms with Gasteiger partial charge in [0, 0.05) is 7.05 Å². The Bertz CT molecular complexity index is 886. The maximum Gasteiger partial charge on any atom is 0.294 e. The van der Waals surface area contributed by atoms with Gasteiger partial charge in [-0.15, -0.1) is 11.5 Å². The normalized spacial score (nSPS) is 10.4. The van der Waals surface area contributed by atoms with E-state index in [1.54, 1.807) is 30.3 Å². The highest BCUT2D eigenvalue weighted by Crippen LogP contribution is 2.22. The fourth-order valence-corrected chi connectivity index (χ4v) is 2.23. The van der Waals surface area contributed by atoms with Gasteiger partial charge in [0.1, 0.15) is 6.26 Å². The molecule has 0 atom stereocenters. The van der Waals surface area contributed by atoms with Gasteiger partial charge in [-0.3, -0.25) is 4.79 Å². The maximum atomic E-state index is 12.4.